The van der Waals surface area contributed by atoms with E-state index in [-0.39, 0.29) is 5.91 Å². The zero-order valence-electron chi connectivity index (χ0n) is 12.7. The van der Waals surface area contributed by atoms with Crippen molar-refractivity contribution in [2.24, 2.45) is 7.05 Å². The van der Waals surface area contributed by atoms with Crippen LogP contribution in [-0.4, -0.2) is 26.6 Å². The van der Waals surface area contributed by atoms with Crippen LogP contribution in [0.1, 0.15) is 47.3 Å². The highest BCUT2D eigenvalue weighted by molar-refractivity contribution is 5.92. The van der Waals surface area contributed by atoms with Crippen molar-refractivity contribution in [1.29, 1.82) is 0 Å². The largest absolute Gasteiger partial charge is 0.350 e. The number of rotatable bonds is 5. The third-order valence-corrected chi connectivity index (χ3v) is 4.31. The van der Waals surface area contributed by atoms with Gasteiger partial charge in [-0.15, -0.1) is 0 Å². The number of amides is 1. The van der Waals surface area contributed by atoms with Gasteiger partial charge in [-0.05, 0) is 38.3 Å². The zero-order chi connectivity index (χ0) is 14.8. The maximum atomic E-state index is 12.0. The lowest BCUT2D eigenvalue weighted by Crippen LogP contribution is -2.29. The average molecular weight is 286 g/mol. The highest BCUT2D eigenvalue weighted by Gasteiger charge is 2.23. The molecule has 21 heavy (non-hydrogen) atoms. The van der Waals surface area contributed by atoms with Gasteiger partial charge in [-0.3, -0.25) is 4.79 Å². The Labute approximate surface area is 125 Å². The minimum atomic E-state index is -0.0269. The molecule has 2 aromatic rings. The Bertz CT molecular complexity index is 636. The van der Waals surface area contributed by atoms with Gasteiger partial charge in [-0.1, -0.05) is 0 Å². The molecule has 5 nitrogen and oxygen atoms in total. The van der Waals surface area contributed by atoms with Gasteiger partial charge >= 0.3 is 0 Å². The van der Waals surface area contributed by atoms with E-state index in [1.54, 1.807) is 0 Å². The first-order valence-corrected chi connectivity index (χ1v) is 7.59. The van der Waals surface area contributed by atoms with Crippen molar-refractivity contribution in [3.05, 3.63) is 41.7 Å². The highest BCUT2D eigenvalue weighted by Crippen LogP contribution is 2.33. The Hall–Kier alpha value is -2.04. The number of hydrogen-bond donors (Lipinski definition) is 1. The van der Waals surface area contributed by atoms with Crippen molar-refractivity contribution in [2.75, 3.05) is 6.54 Å². The summed E-state index contributed by atoms with van der Waals surface area (Å²) >= 11 is 0. The van der Waals surface area contributed by atoms with Gasteiger partial charge in [0.15, 0.2) is 0 Å². The Morgan fingerprint density at radius 2 is 2.29 bits per heavy atom. The number of carbonyl (C=O) groups excluding carboxylic acids is 1. The number of aromatic nitrogens is 3. The van der Waals surface area contributed by atoms with E-state index >= 15 is 0 Å². The van der Waals surface area contributed by atoms with Crippen LogP contribution in [-0.2, 0) is 13.5 Å². The van der Waals surface area contributed by atoms with E-state index in [0.717, 1.165) is 12.2 Å². The first-order chi connectivity index (χ1) is 10.2. The first kappa shape index (κ1) is 13.9. The summed E-state index contributed by atoms with van der Waals surface area (Å²) in [5, 5.41) is 2.97. The molecule has 0 unspecified atom stereocenters. The molecule has 0 radical (unpaired) electrons. The van der Waals surface area contributed by atoms with Crippen LogP contribution in [0.15, 0.2) is 24.5 Å². The van der Waals surface area contributed by atoms with Gasteiger partial charge in [0.05, 0.1) is 0 Å². The molecule has 1 saturated carbocycles. The third-order valence-electron chi connectivity index (χ3n) is 4.31. The summed E-state index contributed by atoms with van der Waals surface area (Å²) in [6.07, 6.45) is 8.40. The molecule has 0 aliphatic heterocycles. The molecule has 2 aromatic heterocycles. The van der Waals surface area contributed by atoms with E-state index in [1.165, 1.54) is 25.0 Å². The number of aryl methyl sites for hydroxylation is 2. The minimum absolute atomic E-state index is 0.0269. The molecule has 0 spiro atoms. The molecule has 3 rings (SSSR count). The van der Waals surface area contributed by atoms with E-state index in [9.17, 15) is 4.79 Å². The van der Waals surface area contributed by atoms with Crippen molar-refractivity contribution in [1.82, 2.24) is 19.4 Å². The fraction of sp³-hybridized carbons (Fsp3) is 0.500. The summed E-state index contributed by atoms with van der Waals surface area (Å²) in [6.45, 7) is 2.73. The fourth-order valence-corrected chi connectivity index (χ4v) is 2.90. The van der Waals surface area contributed by atoms with Crippen LogP contribution in [0.2, 0.25) is 0 Å². The van der Waals surface area contributed by atoms with Crippen LogP contribution < -0.4 is 5.32 Å². The highest BCUT2D eigenvalue weighted by atomic mass is 16.1. The molecular weight excluding hydrogens is 264 g/mol. The molecule has 1 aliphatic rings. The summed E-state index contributed by atoms with van der Waals surface area (Å²) in [4.78, 5) is 16.6. The van der Waals surface area contributed by atoms with E-state index < -0.39 is 0 Å². The summed E-state index contributed by atoms with van der Waals surface area (Å²) < 4.78 is 4.17. The van der Waals surface area contributed by atoms with Crippen LogP contribution >= 0.6 is 0 Å². The van der Waals surface area contributed by atoms with Crippen LogP contribution in [0.3, 0.4) is 0 Å². The zero-order valence-corrected chi connectivity index (χ0v) is 12.7. The summed E-state index contributed by atoms with van der Waals surface area (Å²) in [5.41, 5.74) is 1.91. The van der Waals surface area contributed by atoms with Gasteiger partial charge < -0.3 is 14.5 Å². The molecule has 0 bridgehead atoms. The Kier molecular flexibility index (Phi) is 3.82. The molecule has 1 N–H and O–H groups in total. The number of hydrogen-bond acceptors (Lipinski definition) is 2. The summed E-state index contributed by atoms with van der Waals surface area (Å²) in [5.74, 6) is 1.06. The SMILES string of the molecule is Cc1cnc(CCNC(=O)c2cccn2C)n1C1CCC1. The molecule has 5 heteroatoms. The predicted molar refractivity (Wildman–Crippen MR) is 81.3 cm³/mol. The van der Waals surface area contributed by atoms with Gasteiger partial charge in [0.25, 0.3) is 5.91 Å². The first-order valence-electron chi connectivity index (χ1n) is 7.59. The molecule has 0 aromatic carbocycles. The monoisotopic (exact) mass is 286 g/mol. The normalized spacial score (nSPS) is 15.0. The molecule has 0 atom stereocenters. The number of imidazole rings is 1. The van der Waals surface area contributed by atoms with Gasteiger partial charge in [0.2, 0.25) is 0 Å². The summed E-state index contributed by atoms with van der Waals surface area (Å²) in [6, 6.07) is 4.32. The minimum Gasteiger partial charge on any atom is -0.350 e. The maximum absolute atomic E-state index is 12.0. The van der Waals surface area contributed by atoms with Crippen molar-refractivity contribution < 1.29 is 4.79 Å². The van der Waals surface area contributed by atoms with E-state index in [0.29, 0.717) is 18.3 Å². The van der Waals surface area contributed by atoms with Gasteiger partial charge in [-0.2, -0.15) is 0 Å². The average Bonchev–Trinajstić information content (AvgIpc) is 2.97. The second-order valence-electron chi connectivity index (χ2n) is 5.78. The topological polar surface area (TPSA) is 51.9 Å². The Morgan fingerprint density at radius 1 is 1.48 bits per heavy atom. The van der Waals surface area contributed by atoms with Crippen LogP contribution in [0.5, 0.6) is 0 Å². The van der Waals surface area contributed by atoms with Crippen molar-refractivity contribution >= 4 is 5.91 Å². The quantitative estimate of drug-likeness (QED) is 0.916. The number of carbonyl (C=O) groups is 1. The fourth-order valence-electron chi connectivity index (χ4n) is 2.90. The van der Waals surface area contributed by atoms with Crippen molar-refractivity contribution in [3.63, 3.8) is 0 Å². The molecular formula is C16H22N4O. The molecule has 0 saturated heterocycles. The number of nitrogens with zero attached hydrogens (tertiary/aromatic N) is 3. The van der Waals surface area contributed by atoms with Crippen molar-refractivity contribution in [2.45, 2.75) is 38.6 Å². The van der Waals surface area contributed by atoms with Crippen molar-refractivity contribution in [3.8, 4) is 0 Å². The van der Waals surface area contributed by atoms with Gasteiger partial charge in [0.1, 0.15) is 11.5 Å². The van der Waals surface area contributed by atoms with Crippen LogP contribution in [0.4, 0.5) is 0 Å². The molecule has 2 heterocycles. The van der Waals surface area contributed by atoms with Gasteiger partial charge in [0, 0.05) is 44.1 Å². The third kappa shape index (κ3) is 2.73. The summed E-state index contributed by atoms with van der Waals surface area (Å²) in [7, 11) is 1.88. The van der Waals surface area contributed by atoms with E-state index in [1.807, 2.05) is 36.1 Å². The van der Waals surface area contributed by atoms with E-state index in [4.69, 9.17) is 0 Å². The Balaban J connectivity index is 1.58. The van der Waals surface area contributed by atoms with Crippen LogP contribution in [0.25, 0.3) is 0 Å². The standard InChI is InChI=1S/C16H22N4O/c1-12-11-18-15(20(12)13-5-3-6-13)8-9-17-16(21)14-7-4-10-19(14)2/h4,7,10-11,13H,3,5-6,8-9H2,1-2H3,(H,17,21). The van der Waals surface area contributed by atoms with Gasteiger partial charge in [-0.25, -0.2) is 4.98 Å². The molecule has 1 amide bonds. The predicted octanol–water partition coefficient (Wildman–Crippen LogP) is 2.23. The molecule has 112 valence electrons. The Morgan fingerprint density at radius 3 is 2.90 bits per heavy atom. The lowest BCUT2D eigenvalue weighted by atomic mass is 9.92. The maximum Gasteiger partial charge on any atom is 0.267 e. The lowest BCUT2D eigenvalue weighted by molar-refractivity contribution is 0.0945. The lowest BCUT2D eigenvalue weighted by Gasteiger charge is -2.29. The molecule has 1 fully saturated rings. The smallest absolute Gasteiger partial charge is 0.267 e. The van der Waals surface area contributed by atoms with E-state index in [2.05, 4.69) is 21.8 Å². The second kappa shape index (κ2) is 5.76. The van der Waals surface area contributed by atoms with Crippen LogP contribution in [0, 0.1) is 6.92 Å². The second-order valence-corrected chi connectivity index (χ2v) is 5.78. The number of nitrogens with one attached hydrogen (secondary N) is 1. The molecule has 1 aliphatic carbocycles.